The first-order valence-electron chi connectivity index (χ1n) is 7.64. The van der Waals surface area contributed by atoms with E-state index < -0.39 is 5.97 Å². The molecule has 1 saturated heterocycles. The Balaban J connectivity index is 1.80. The largest absolute Gasteiger partial charge is 0.468 e. The van der Waals surface area contributed by atoms with E-state index in [1.807, 2.05) is 11.8 Å². The van der Waals surface area contributed by atoms with Crippen LogP contribution >= 0.6 is 11.8 Å². The predicted molar refractivity (Wildman–Crippen MR) is 93.1 cm³/mol. The molecule has 1 aliphatic rings. The number of nitrogens with one attached hydrogen (secondary N) is 2. The van der Waals surface area contributed by atoms with Crippen molar-refractivity contribution in [1.29, 1.82) is 0 Å². The normalized spacial score (nSPS) is 14.0. The Kier molecular flexibility index (Phi) is 6.92. The highest BCUT2D eigenvalue weighted by Gasteiger charge is 2.16. The van der Waals surface area contributed by atoms with Gasteiger partial charge in [-0.25, -0.2) is 4.79 Å². The Labute approximate surface area is 145 Å². The molecule has 130 valence electrons. The number of anilines is 1. The lowest BCUT2D eigenvalue weighted by atomic mass is 10.1. The van der Waals surface area contributed by atoms with E-state index in [0.717, 1.165) is 30.2 Å². The van der Waals surface area contributed by atoms with E-state index in [2.05, 4.69) is 15.4 Å². The van der Waals surface area contributed by atoms with Gasteiger partial charge >= 0.3 is 12.0 Å². The van der Waals surface area contributed by atoms with Gasteiger partial charge in [0.2, 0.25) is 5.91 Å². The van der Waals surface area contributed by atoms with Crippen LogP contribution in [0.1, 0.15) is 5.56 Å². The number of amides is 3. The average molecular weight is 351 g/mol. The maximum Gasteiger partial charge on any atom is 0.325 e. The number of hydrogen-bond acceptors (Lipinski definition) is 5. The number of thioether (sulfide) groups is 1. The lowest BCUT2D eigenvalue weighted by Crippen LogP contribution is -2.40. The van der Waals surface area contributed by atoms with Crippen LogP contribution in [0.2, 0.25) is 0 Å². The molecule has 0 spiro atoms. The van der Waals surface area contributed by atoms with Crippen molar-refractivity contribution in [2.75, 3.05) is 43.6 Å². The van der Waals surface area contributed by atoms with Crippen molar-refractivity contribution in [3.8, 4) is 0 Å². The first-order valence-corrected chi connectivity index (χ1v) is 8.80. The molecule has 0 saturated carbocycles. The molecule has 1 aromatic rings. The number of esters is 1. The van der Waals surface area contributed by atoms with E-state index in [1.54, 1.807) is 29.2 Å². The Bertz CT molecular complexity index is 585. The highest BCUT2D eigenvalue weighted by molar-refractivity contribution is 7.99. The lowest BCUT2D eigenvalue weighted by molar-refractivity contribution is -0.141. The molecule has 0 aromatic heterocycles. The van der Waals surface area contributed by atoms with E-state index in [0.29, 0.717) is 5.69 Å². The Morgan fingerprint density at radius 2 is 1.83 bits per heavy atom. The lowest BCUT2D eigenvalue weighted by Gasteiger charge is -2.26. The monoisotopic (exact) mass is 351 g/mol. The molecule has 1 aliphatic heterocycles. The highest BCUT2D eigenvalue weighted by atomic mass is 32.2. The molecule has 3 amide bonds. The third-order valence-electron chi connectivity index (χ3n) is 3.53. The molecule has 8 heteroatoms. The average Bonchev–Trinajstić information content (AvgIpc) is 2.62. The molecule has 24 heavy (non-hydrogen) atoms. The summed E-state index contributed by atoms with van der Waals surface area (Å²) >= 11 is 1.85. The first-order chi connectivity index (χ1) is 11.6. The van der Waals surface area contributed by atoms with Crippen LogP contribution in [0.25, 0.3) is 0 Å². The molecule has 0 unspecified atom stereocenters. The van der Waals surface area contributed by atoms with Crippen LogP contribution in [0.4, 0.5) is 10.5 Å². The smallest absolute Gasteiger partial charge is 0.325 e. The number of rotatable bonds is 5. The molecule has 0 aliphatic carbocycles. The number of carbonyl (C=O) groups excluding carboxylic acids is 3. The SMILES string of the molecule is COC(=O)CNC(=O)Cc1ccc(NC(=O)N2CCSCC2)cc1. The summed E-state index contributed by atoms with van der Waals surface area (Å²) < 4.78 is 4.45. The molecule has 0 radical (unpaired) electrons. The third-order valence-corrected chi connectivity index (χ3v) is 4.47. The second-order valence-electron chi connectivity index (χ2n) is 5.26. The van der Waals surface area contributed by atoms with Gasteiger partial charge in [0.25, 0.3) is 0 Å². The fraction of sp³-hybridized carbons (Fsp3) is 0.438. The van der Waals surface area contributed by atoms with Crippen molar-refractivity contribution in [2.45, 2.75) is 6.42 Å². The number of hydrogen-bond donors (Lipinski definition) is 2. The van der Waals surface area contributed by atoms with Crippen LogP contribution in [0.15, 0.2) is 24.3 Å². The van der Waals surface area contributed by atoms with Crippen molar-refractivity contribution in [3.63, 3.8) is 0 Å². The Morgan fingerprint density at radius 3 is 2.46 bits per heavy atom. The number of methoxy groups -OCH3 is 1. The molecule has 1 heterocycles. The minimum Gasteiger partial charge on any atom is -0.468 e. The number of carbonyl (C=O) groups is 3. The summed E-state index contributed by atoms with van der Waals surface area (Å²) in [7, 11) is 1.27. The van der Waals surface area contributed by atoms with E-state index in [4.69, 9.17) is 0 Å². The number of benzene rings is 1. The Hall–Kier alpha value is -2.22. The first kappa shape index (κ1) is 18.1. The van der Waals surface area contributed by atoms with Gasteiger partial charge in [0.1, 0.15) is 6.54 Å². The third kappa shape index (κ3) is 5.77. The summed E-state index contributed by atoms with van der Waals surface area (Å²) in [5, 5.41) is 5.34. The zero-order valence-electron chi connectivity index (χ0n) is 13.5. The molecule has 2 N–H and O–H groups in total. The second kappa shape index (κ2) is 9.17. The second-order valence-corrected chi connectivity index (χ2v) is 6.48. The minimum atomic E-state index is -0.488. The summed E-state index contributed by atoms with van der Waals surface area (Å²) in [6.07, 6.45) is 0.161. The van der Waals surface area contributed by atoms with Gasteiger partial charge in [-0.3, -0.25) is 9.59 Å². The quantitative estimate of drug-likeness (QED) is 0.776. The van der Waals surface area contributed by atoms with Gasteiger partial charge in [0.05, 0.1) is 13.5 Å². The van der Waals surface area contributed by atoms with Gasteiger partial charge in [-0.2, -0.15) is 11.8 Å². The van der Waals surface area contributed by atoms with Crippen molar-refractivity contribution >= 4 is 35.4 Å². The van der Waals surface area contributed by atoms with Gasteiger partial charge < -0.3 is 20.3 Å². The van der Waals surface area contributed by atoms with Crippen molar-refractivity contribution in [2.24, 2.45) is 0 Å². The highest BCUT2D eigenvalue weighted by Crippen LogP contribution is 2.13. The van der Waals surface area contributed by atoms with Gasteiger partial charge in [-0.1, -0.05) is 12.1 Å². The molecule has 7 nitrogen and oxygen atoms in total. The maximum absolute atomic E-state index is 12.1. The van der Waals surface area contributed by atoms with Crippen molar-refractivity contribution < 1.29 is 19.1 Å². The standard InChI is InChI=1S/C16H21N3O4S/c1-23-15(21)11-17-14(20)10-12-2-4-13(5-3-12)18-16(22)19-6-8-24-9-7-19/h2-5H,6-11H2,1H3,(H,17,20)(H,18,22). The predicted octanol–water partition coefficient (Wildman–Crippen LogP) is 1.10. The summed E-state index contributed by atoms with van der Waals surface area (Å²) in [4.78, 5) is 36.6. The topological polar surface area (TPSA) is 87.7 Å². The molecular formula is C16H21N3O4S. The molecular weight excluding hydrogens is 330 g/mol. The fourth-order valence-corrected chi connectivity index (χ4v) is 3.07. The minimum absolute atomic E-state index is 0.0983. The van der Waals surface area contributed by atoms with Crippen LogP contribution in [0, 0.1) is 0 Å². The number of nitrogens with zero attached hydrogens (tertiary/aromatic N) is 1. The van der Waals surface area contributed by atoms with E-state index in [-0.39, 0.29) is 24.9 Å². The Morgan fingerprint density at radius 1 is 1.17 bits per heavy atom. The number of urea groups is 1. The summed E-state index contributed by atoms with van der Waals surface area (Å²) in [6, 6.07) is 6.98. The van der Waals surface area contributed by atoms with Crippen LogP contribution in [-0.4, -0.2) is 61.1 Å². The van der Waals surface area contributed by atoms with Crippen LogP contribution in [0.5, 0.6) is 0 Å². The van der Waals surface area contributed by atoms with Crippen LogP contribution < -0.4 is 10.6 Å². The van der Waals surface area contributed by atoms with E-state index in [1.165, 1.54) is 7.11 Å². The number of ether oxygens (including phenoxy) is 1. The zero-order chi connectivity index (χ0) is 17.4. The van der Waals surface area contributed by atoms with Gasteiger partial charge in [-0.15, -0.1) is 0 Å². The molecule has 0 atom stereocenters. The molecule has 1 fully saturated rings. The van der Waals surface area contributed by atoms with Crippen LogP contribution in [0.3, 0.4) is 0 Å². The molecule has 0 bridgehead atoms. The fourth-order valence-electron chi connectivity index (χ4n) is 2.17. The molecule has 1 aromatic carbocycles. The van der Waals surface area contributed by atoms with Gasteiger partial charge in [0, 0.05) is 30.3 Å². The van der Waals surface area contributed by atoms with Gasteiger partial charge in [-0.05, 0) is 17.7 Å². The zero-order valence-corrected chi connectivity index (χ0v) is 14.4. The van der Waals surface area contributed by atoms with E-state index in [9.17, 15) is 14.4 Å². The van der Waals surface area contributed by atoms with Crippen molar-refractivity contribution in [1.82, 2.24) is 10.2 Å². The van der Waals surface area contributed by atoms with Crippen molar-refractivity contribution in [3.05, 3.63) is 29.8 Å². The summed E-state index contributed by atoms with van der Waals surface area (Å²) in [6.45, 7) is 1.38. The maximum atomic E-state index is 12.1. The summed E-state index contributed by atoms with van der Waals surface area (Å²) in [5.74, 6) is 1.18. The molecule has 2 rings (SSSR count). The van der Waals surface area contributed by atoms with Crippen LogP contribution in [-0.2, 0) is 20.7 Å². The summed E-state index contributed by atoms with van der Waals surface area (Å²) in [5.41, 5.74) is 1.49. The van der Waals surface area contributed by atoms with E-state index >= 15 is 0 Å². The van der Waals surface area contributed by atoms with Gasteiger partial charge in [0.15, 0.2) is 0 Å².